The number of rotatable bonds is 9. The maximum Gasteiger partial charge on any atom is 0.268 e. The number of likely N-dealkylation sites (N-methyl/N-ethyl adjacent to an activating group) is 1. The van der Waals surface area contributed by atoms with Crippen molar-refractivity contribution in [3.8, 4) is 0 Å². The van der Waals surface area contributed by atoms with Gasteiger partial charge in [-0.2, -0.15) is 0 Å². The van der Waals surface area contributed by atoms with Crippen molar-refractivity contribution in [3.05, 3.63) is 127 Å². The number of nitrogens with one attached hydrogen (secondary N) is 1. The maximum atomic E-state index is 14.0. The Morgan fingerprint density at radius 2 is 1.33 bits per heavy atom. The lowest BCUT2D eigenvalue weighted by Crippen LogP contribution is -2.71. The lowest BCUT2D eigenvalue weighted by molar-refractivity contribution is -0.151. The molecular formula is C38H41N3O5SSi. The molecule has 3 atom stereocenters. The molecule has 0 radical (unpaired) electrons. The third-order valence-electron chi connectivity index (χ3n) is 9.36. The normalized spacial score (nSPS) is 18.1. The molecule has 4 aromatic carbocycles. The highest BCUT2D eigenvalue weighted by Crippen LogP contribution is 2.38. The zero-order valence-electron chi connectivity index (χ0n) is 27.8. The van der Waals surface area contributed by atoms with E-state index in [1.54, 1.807) is 55.7 Å². The molecule has 1 fully saturated rings. The van der Waals surface area contributed by atoms with Crippen molar-refractivity contribution in [1.29, 1.82) is 0 Å². The molecule has 1 N–H and O–H groups in total. The Morgan fingerprint density at radius 3 is 1.90 bits per heavy atom. The van der Waals surface area contributed by atoms with Gasteiger partial charge in [-0.25, -0.2) is 12.4 Å². The van der Waals surface area contributed by atoms with Crippen molar-refractivity contribution < 1.29 is 22.4 Å². The Hall–Kier alpha value is -4.51. The number of nitrogens with zero attached hydrogens (tertiary/aromatic N) is 2. The second-order valence-electron chi connectivity index (χ2n) is 13.4. The van der Waals surface area contributed by atoms with E-state index in [1.807, 2.05) is 55.5 Å². The molecule has 5 aromatic rings. The number of aromatic nitrogens is 1. The van der Waals surface area contributed by atoms with Crippen molar-refractivity contribution in [2.75, 3.05) is 7.05 Å². The summed E-state index contributed by atoms with van der Waals surface area (Å²) in [5, 5.41) is 5.53. The molecule has 1 aliphatic heterocycles. The summed E-state index contributed by atoms with van der Waals surface area (Å²) in [4.78, 5) is 29.6. The topological polar surface area (TPSA) is 97.7 Å². The van der Waals surface area contributed by atoms with Crippen LogP contribution >= 0.6 is 0 Å². The van der Waals surface area contributed by atoms with Gasteiger partial charge in [-0.1, -0.05) is 118 Å². The quantitative estimate of drug-likeness (QED) is 0.228. The highest BCUT2D eigenvalue weighted by Gasteiger charge is 2.53. The van der Waals surface area contributed by atoms with E-state index < -0.39 is 36.5 Å². The second kappa shape index (κ2) is 12.8. The minimum atomic E-state index is -3.89. The summed E-state index contributed by atoms with van der Waals surface area (Å²) in [5.74, 6) is -0.576. The Labute approximate surface area is 283 Å². The van der Waals surface area contributed by atoms with Crippen LogP contribution in [-0.4, -0.2) is 62.7 Å². The van der Waals surface area contributed by atoms with Crippen LogP contribution in [0.15, 0.2) is 126 Å². The van der Waals surface area contributed by atoms with E-state index in [9.17, 15) is 18.0 Å². The standard InChI is InChI=1S/C38H41N3O5SSi/c1-27(46-48(38(2,3)4,30-19-11-7-12-20-30)31-21-13-8-14-22-31)35-36(42)39-33(37(43)40(35)5)25-28-26-41(34-24-16-15-23-32(28)34)47(44,45)29-17-9-6-10-18-29/h6-24,26-27,33,35H,25H2,1-5H3,(H,39,42)/t27-,33-,35+/m1/s1. The van der Waals surface area contributed by atoms with Crippen LogP contribution in [0.2, 0.25) is 5.04 Å². The molecular weight excluding hydrogens is 639 g/mol. The molecule has 0 bridgehead atoms. The monoisotopic (exact) mass is 679 g/mol. The van der Waals surface area contributed by atoms with Crippen LogP contribution in [0.5, 0.6) is 0 Å². The summed E-state index contributed by atoms with van der Waals surface area (Å²) >= 11 is 0. The highest BCUT2D eigenvalue weighted by molar-refractivity contribution is 7.90. The number of benzene rings is 4. The van der Waals surface area contributed by atoms with Gasteiger partial charge in [-0.05, 0) is 46.1 Å². The van der Waals surface area contributed by atoms with Gasteiger partial charge >= 0.3 is 0 Å². The van der Waals surface area contributed by atoms with Crippen molar-refractivity contribution in [2.45, 2.75) is 62.2 Å². The predicted molar refractivity (Wildman–Crippen MR) is 191 cm³/mol. The first-order valence-corrected chi connectivity index (χ1v) is 19.5. The van der Waals surface area contributed by atoms with Gasteiger partial charge in [0.05, 0.1) is 16.5 Å². The Balaban J connectivity index is 1.31. The number of amides is 2. The van der Waals surface area contributed by atoms with Gasteiger partial charge in [0, 0.05) is 25.1 Å². The first-order chi connectivity index (χ1) is 22.9. The van der Waals surface area contributed by atoms with Gasteiger partial charge in [0.2, 0.25) is 11.8 Å². The van der Waals surface area contributed by atoms with Crippen LogP contribution in [0.25, 0.3) is 10.9 Å². The highest BCUT2D eigenvalue weighted by atomic mass is 32.2. The van der Waals surface area contributed by atoms with Gasteiger partial charge in [-0.15, -0.1) is 0 Å². The number of carbonyl (C=O) groups excluding carboxylic acids is 2. The number of fused-ring (bicyclic) bond motifs is 1. The second-order valence-corrected chi connectivity index (χ2v) is 19.5. The van der Waals surface area contributed by atoms with Gasteiger partial charge in [0.25, 0.3) is 18.3 Å². The van der Waals surface area contributed by atoms with Crippen LogP contribution in [0.4, 0.5) is 0 Å². The van der Waals surface area contributed by atoms with Crippen molar-refractivity contribution in [3.63, 3.8) is 0 Å². The average molecular weight is 680 g/mol. The third-order valence-corrected chi connectivity index (χ3v) is 16.2. The third kappa shape index (κ3) is 5.78. The van der Waals surface area contributed by atoms with E-state index >= 15 is 0 Å². The smallest absolute Gasteiger partial charge is 0.268 e. The van der Waals surface area contributed by atoms with E-state index in [0.717, 1.165) is 10.4 Å². The van der Waals surface area contributed by atoms with Crippen LogP contribution in [0.1, 0.15) is 33.3 Å². The first kappa shape index (κ1) is 33.4. The summed E-state index contributed by atoms with van der Waals surface area (Å²) < 4.78 is 35.7. The van der Waals surface area contributed by atoms with Gasteiger partial charge in [0.15, 0.2) is 0 Å². The number of hydrogen-bond donors (Lipinski definition) is 1. The molecule has 1 saturated heterocycles. The van der Waals surface area contributed by atoms with Gasteiger partial charge in [-0.3, -0.25) is 9.59 Å². The van der Waals surface area contributed by atoms with E-state index in [1.165, 1.54) is 8.87 Å². The lowest BCUT2D eigenvalue weighted by atomic mass is 9.98. The van der Waals surface area contributed by atoms with Gasteiger partial charge in [0.1, 0.15) is 12.1 Å². The molecule has 2 heterocycles. The average Bonchev–Trinajstić information content (AvgIpc) is 3.45. The molecule has 10 heteroatoms. The number of piperazine rings is 1. The minimum absolute atomic E-state index is 0.128. The lowest BCUT2D eigenvalue weighted by Gasteiger charge is -2.47. The molecule has 8 nitrogen and oxygen atoms in total. The van der Waals surface area contributed by atoms with Gasteiger partial charge < -0.3 is 14.6 Å². The summed E-state index contributed by atoms with van der Waals surface area (Å²) in [6.07, 6.45) is 1.06. The van der Waals surface area contributed by atoms with Crippen LogP contribution < -0.4 is 15.7 Å². The summed E-state index contributed by atoms with van der Waals surface area (Å²) in [6, 6.07) is 34.1. The molecule has 2 amide bonds. The minimum Gasteiger partial charge on any atom is -0.402 e. The Morgan fingerprint density at radius 1 is 0.812 bits per heavy atom. The summed E-state index contributed by atoms with van der Waals surface area (Å²) in [6.45, 7) is 8.39. The van der Waals surface area contributed by atoms with Crippen molar-refractivity contribution in [1.82, 2.24) is 14.2 Å². The van der Waals surface area contributed by atoms with E-state index in [4.69, 9.17) is 4.43 Å². The molecule has 6 rings (SSSR count). The number of hydrogen-bond acceptors (Lipinski definition) is 5. The van der Waals surface area contributed by atoms with Crippen LogP contribution in [0.3, 0.4) is 0 Å². The zero-order chi connectivity index (χ0) is 34.3. The van der Waals surface area contributed by atoms with E-state index in [-0.39, 0.29) is 28.2 Å². The summed E-state index contributed by atoms with van der Waals surface area (Å²) in [7, 11) is -5.26. The zero-order valence-corrected chi connectivity index (χ0v) is 29.6. The Kier molecular flexibility index (Phi) is 8.93. The molecule has 48 heavy (non-hydrogen) atoms. The molecule has 0 unspecified atom stereocenters. The molecule has 0 aliphatic carbocycles. The van der Waals surface area contributed by atoms with Crippen LogP contribution in [-0.2, 0) is 30.5 Å². The summed E-state index contributed by atoms with van der Waals surface area (Å²) in [5.41, 5.74) is 1.15. The SMILES string of the molecule is C[C@@H](O[Si](c1ccccc1)(c1ccccc1)C(C)(C)C)[C@H]1C(=O)N[C@H](Cc2cn(S(=O)(=O)c3ccccc3)c3ccccc23)C(=O)N1C. The maximum absolute atomic E-state index is 14.0. The van der Waals surface area contributed by atoms with Crippen molar-refractivity contribution >= 4 is 51.4 Å². The molecule has 0 spiro atoms. The predicted octanol–water partition coefficient (Wildman–Crippen LogP) is 4.71. The first-order valence-electron chi connectivity index (χ1n) is 16.1. The largest absolute Gasteiger partial charge is 0.402 e. The van der Waals surface area contributed by atoms with E-state index in [2.05, 4.69) is 50.4 Å². The molecule has 1 aromatic heterocycles. The van der Waals surface area contributed by atoms with Crippen LogP contribution in [0, 0.1) is 0 Å². The number of para-hydroxylation sites is 1. The fourth-order valence-corrected chi connectivity index (χ4v) is 13.2. The number of carbonyl (C=O) groups is 2. The van der Waals surface area contributed by atoms with E-state index in [0.29, 0.717) is 16.5 Å². The molecule has 1 aliphatic rings. The molecule has 0 saturated carbocycles. The fourth-order valence-electron chi connectivity index (χ4n) is 7.08. The Bertz CT molecular complexity index is 2000. The fraction of sp³-hybridized carbons (Fsp3) is 0.263. The molecule has 248 valence electrons. The van der Waals surface area contributed by atoms with Crippen molar-refractivity contribution in [2.24, 2.45) is 0 Å².